The molecule has 0 bridgehead atoms. The van der Waals surface area contributed by atoms with Gasteiger partial charge in [0.2, 0.25) is 5.91 Å². The molecule has 2 unspecified atom stereocenters. The van der Waals surface area contributed by atoms with Crippen LogP contribution in [0.4, 0.5) is 0 Å². The maximum Gasteiger partial charge on any atom is 0.220 e. The topological polar surface area (TPSA) is 49.3 Å². The Morgan fingerprint density at radius 3 is 2.57 bits per heavy atom. The third-order valence-electron chi connectivity index (χ3n) is 4.51. The normalized spacial score (nSPS) is 19.0. The fourth-order valence-corrected chi connectivity index (χ4v) is 3.15. The zero-order valence-corrected chi connectivity index (χ0v) is 12.9. The lowest BCUT2D eigenvalue weighted by Gasteiger charge is -2.23. The van der Waals surface area contributed by atoms with E-state index in [-0.39, 0.29) is 11.9 Å². The van der Waals surface area contributed by atoms with Crippen molar-refractivity contribution < 1.29 is 9.90 Å². The van der Waals surface area contributed by atoms with Gasteiger partial charge < -0.3 is 10.4 Å². The van der Waals surface area contributed by atoms with Gasteiger partial charge in [-0.15, -0.1) is 0 Å². The number of rotatable bonds is 6. The Labute approximate surface area is 127 Å². The van der Waals surface area contributed by atoms with Crippen LogP contribution in [0.15, 0.2) is 30.3 Å². The molecule has 1 aliphatic carbocycles. The summed E-state index contributed by atoms with van der Waals surface area (Å²) in [6.45, 7) is 1.86. The molecule has 0 aromatic heterocycles. The molecule has 1 saturated carbocycles. The molecule has 2 N–H and O–H groups in total. The van der Waals surface area contributed by atoms with Crippen molar-refractivity contribution in [2.75, 3.05) is 0 Å². The van der Waals surface area contributed by atoms with Crippen molar-refractivity contribution in [1.82, 2.24) is 5.32 Å². The molecule has 1 aliphatic rings. The molecule has 2 rings (SSSR count). The van der Waals surface area contributed by atoms with E-state index in [2.05, 4.69) is 5.32 Å². The van der Waals surface area contributed by atoms with E-state index in [1.54, 1.807) is 0 Å². The van der Waals surface area contributed by atoms with Crippen LogP contribution < -0.4 is 5.32 Å². The lowest BCUT2D eigenvalue weighted by Crippen LogP contribution is -2.37. The number of hydrogen-bond donors (Lipinski definition) is 2. The average Bonchev–Trinajstić information content (AvgIpc) is 2.54. The average molecular weight is 289 g/mol. The van der Waals surface area contributed by atoms with Gasteiger partial charge in [0.25, 0.3) is 0 Å². The molecule has 0 aliphatic heterocycles. The summed E-state index contributed by atoms with van der Waals surface area (Å²) in [5.41, 5.74) is 0.845. The highest BCUT2D eigenvalue weighted by atomic mass is 16.3. The molecule has 0 spiro atoms. The largest absolute Gasteiger partial charge is 0.386 e. The molecule has 116 valence electrons. The minimum atomic E-state index is -0.648. The molecule has 0 saturated heterocycles. The Morgan fingerprint density at radius 2 is 1.90 bits per heavy atom. The van der Waals surface area contributed by atoms with Crippen molar-refractivity contribution in [2.45, 2.75) is 64.0 Å². The van der Waals surface area contributed by atoms with Crippen molar-refractivity contribution in [3.8, 4) is 0 Å². The van der Waals surface area contributed by atoms with Gasteiger partial charge >= 0.3 is 0 Å². The third kappa shape index (κ3) is 5.16. The highest BCUT2D eigenvalue weighted by molar-refractivity contribution is 5.76. The van der Waals surface area contributed by atoms with Crippen molar-refractivity contribution in [1.29, 1.82) is 0 Å². The van der Waals surface area contributed by atoms with Gasteiger partial charge in [-0.1, -0.05) is 62.4 Å². The van der Waals surface area contributed by atoms with Gasteiger partial charge in [-0.2, -0.15) is 0 Å². The number of carbonyl (C=O) groups is 1. The number of aliphatic hydroxyl groups excluding tert-OH is 1. The highest BCUT2D eigenvalue weighted by Crippen LogP contribution is 2.27. The van der Waals surface area contributed by atoms with Gasteiger partial charge in [0, 0.05) is 6.42 Å². The van der Waals surface area contributed by atoms with E-state index < -0.39 is 6.10 Å². The van der Waals surface area contributed by atoms with Crippen LogP contribution in [-0.4, -0.2) is 17.1 Å². The number of benzene rings is 1. The molecule has 3 nitrogen and oxygen atoms in total. The van der Waals surface area contributed by atoms with Crippen LogP contribution in [-0.2, 0) is 4.79 Å². The van der Waals surface area contributed by atoms with Gasteiger partial charge in [0.1, 0.15) is 0 Å². The van der Waals surface area contributed by atoms with Crippen LogP contribution in [0.25, 0.3) is 0 Å². The zero-order chi connectivity index (χ0) is 15.1. The number of nitrogens with one attached hydrogen (secondary N) is 1. The second-order valence-corrected chi connectivity index (χ2v) is 6.25. The Morgan fingerprint density at radius 1 is 1.24 bits per heavy atom. The van der Waals surface area contributed by atoms with E-state index in [0.29, 0.717) is 6.42 Å². The first kappa shape index (κ1) is 16.0. The predicted octanol–water partition coefficient (Wildman–Crippen LogP) is 3.59. The van der Waals surface area contributed by atoms with E-state index in [9.17, 15) is 9.90 Å². The van der Waals surface area contributed by atoms with Gasteiger partial charge in [-0.3, -0.25) is 4.79 Å². The SMILES string of the molecule is CC(NC(=O)CCC1CCCCC1)C(O)c1ccccc1. The molecular weight excluding hydrogens is 262 g/mol. The van der Waals surface area contributed by atoms with E-state index in [4.69, 9.17) is 0 Å². The summed E-state index contributed by atoms with van der Waals surface area (Å²) in [6, 6.07) is 9.23. The van der Waals surface area contributed by atoms with Gasteiger partial charge in [-0.05, 0) is 24.8 Å². The molecule has 1 amide bonds. The predicted molar refractivity (Wildman–Crippen MR) is 84.8 cm³/mol. The van der Waals surface area contributed by atoms with Crippen molar-refractivity contribution >= 4 is 5.91 Å². The molecule has 1 aromatic rings. The van der Waals surface area contributed by atoms with Crippen LogP contribution >= 0.6 is 0 Å². The molecule has 21 heavy (non-hydrogen) atoms. The second kappa shape index (κ2) is 8.18. The summed E-state index contributed by atoms with van der Waals surface area (Å²) in [5.74, 6) is 0.780. The smallest absolute Gasteiger partial charge is 0.220 e. The summed E-state index contributed by atoms with van der Waals surface area (Å²) in [7, 11) is 0. The minimum absolute atomic E-state index is 0.0584. The lowest BCUT2D eigenvalue weighted by atomic mass is 9.86. The second-order valence-electron chi connectivity index (χ2n) is 6.25. The number of amides is 1. The fraction of sp³-hybridized carbons (Fsp3) is 0.611. The van der Waals surface area contributed by atoms with Crippen LogP contribution in [0.2, 0.25) is 0 Å². The van der Waals surface area contributed by atoms with Crippen LogP contribution in [0, 0.1) is 5.92 Å². The summed E-state index contributed by atoms with van der Waals surface area (Å²) < 4.78 is 0. The van der Waals surface area contributed by atoms with E-state index >= 15 is 0 Å². The van der Waals surface area contributed by atoms with E-state index in [1.165, 1.54) is 32.1 Å². The molecule has 1 aromatic carbocycles. The first-order valence-electron chi connectivity index (χ1n) is 8.19. The van der Waals surface area contributed by atoms with Crippen LogP contribution in [0.3, 0.4) is 0 Å². The van der Waals surface area contributed by atoms with E-state index in [1.807, 2.05) is 37.3 Å². The number of aliphatic hydroxyl groups is 1. The molecule has 1 fully saturated rings. The van der Waals surface area contributed by atoms with Crippen LogP contribution in [0.1, 0.15) is 63.5 Å². The standard InChI is InChI=1S/C18H27NO2/c1-14(18(21)16-10-6-3-7-11-16)19-17(20)13-12-15-8-4-2-5-9-15/h3,6-7,10-11,14-15,18,21H,2,4-5,8-9,12-13H2,1H3,(H,19,20). The molecular formula is C18H27NO2. The first-order chi connectivity index (χ1) is 10.2. The van der Waals surface area contributed by atoms with Gasteiger partial charge in [-0.25, -0.2) is 0 Å². The molecule has 2 atom stereocenters. The lowest BCUT2D eigenvalue weighted by molar-refractivity contribution is -0.122. The van der Waals surface area contributed by atoms with Gasteiger partial charge in [0.05, 0.1) is 12.1 Å². The minimum Gasteiger partial charge on any atom is -0.386 e. The summed E-state index contributed by atoms with van der Waals surface area (Å²) in [4.78, 5) is 12.0. The first-order valence-corrected chi connectivity index (χ1v) is 8.19. The Balaban J connectivity index is 1.73. The summed E-state index contributed by atoms with van der Waals surface area (Å²) in [5, 5.41) is 13.2. The fourth-order valence-electron chi connectivity index (χ4n) is 3.15. The monoisotopic (exact) mass is 289 g/mol. The van der Waals surface area contributed by atoms with E-state index in [0.717, 1.165) is 17.9 Å². The van der Waals surface area contributed by atoms with Crippen molar-refractivity contribution in [2.24, 2.45) is 5.92 Å². The highest BCUT2D eigenvalue weighted by Gasteiger charge is 2.19. The Kier molecular flexibility index (Phi) is 6.24. The van der Waals surface area contributed by atoms with Gasteiger partial charge in [0.15, 0.2) is 0 Å². The van der Waals surface area contributed by atoms with Crippen molar-refractivity contribution in [3.05, 3.63) is 35.9 Å². The zero-order valence-electron chi connectivity index (χ0n) is 12.9. The maximum atomic E-state index is 12.0. The molecule has 3 heteroatoms. The Bertz CT molecular complexity index is 426. The number of hydrogen-bond acceptors (Lipinski definition) is 2. The maximum absolute atomic E-state index is 12.0. The molecule has 0 heterocycles. The molecule has 0 radical (unpaired) electrons. The van der Waals surface area contributed by atoms with Crippen molar-refractivity contribution in [3.63, 3.8) is 0 Å². The third-order valence-corrected chi connectivity index (χ3v) is 4.51. The van der Waals surface area contributed by atoms with Crippen LogP contribution in [0.5, 0.6) is 0 Å². The summed E-state index contributed by atoms with van der Waals surface area (Å²) in [6.07, 6.45) is 7.44. The number of carbonyl (C=O) groups excluding carboxylic acids is 1. The quantitative estimate of drug-likeness (QED) is 0.841. The summed E-state index contributed by atoms with van der Waals surface area (Å²) >= 11 is 0. The Hall–Kier alpha value is -1.35.